The lowest BCUT2D eigenvalue weighted by Gasteiger charge is -2.25. The number of anilines is 1. The topological polar surface area (TPSA) is 142 Å². The summed E-state index contributed by atoms with van der Waals surface area (Å²) < 4.78 is 13.2. The van der Waals surface area contributed by atoms with Crippen LogP contribution in [0, 0.1) is 5.82 Å². The molecule has 2 aromatic rings. The number of rotatable bonds is 16. The summed E-state index contributed by atoms with van der Waals surface area (Å²) in [6.45, 7) is 1.08. The van der Waals surface area contributed by atoms with Crippen LogP contribution in [-0.2, 0) is 32.0 Å². The van der Waals surface area contributed by atoms with Crippen LogP contribution >= 0.6 is 23.2 Å². The Morgan fingerprint density at radius 2 is 1.55 bits per heavy atom. The molecule has 0 heterocycles. The molecule has 2 rings (SSSR count). The lowest BCUT2D eigenvalue weighted by Crippen LogP contribution is -2.55. The Kier molecular flexibility index (Phi) is 13.0. The number of nitrogens with two attached hydrogens (primary N) is 1. The van der Waals surface area contributed by atoms with E-state index in [0.29, 0.717) is 36.0 Å². The van der Waals surface area contributed by atoms with Crippen LogP contribution in [0.3, 0.4) is 0 Å². The minimum Gasteiger partial charge on any atom is -0.480 e. The highest BCUT2D eigenvalue weighted by Crippen LogP contribution is 2.18. The highest BCUT2D eigenvalue weighted by atomic mass is 35.5. The number of carbonyl (C=O) groups excluding carboxylic acids is 3. The number of carboxylic acids is 1. The molecule has 0 spiro atoms. The van der Waals surface area contributed by atoms with Crippen molar-refractivity contribution in [3.8, 4) is 0 Å². The second-order valence-electron chi connectivity index (χ2n) is 8.49. The van der Waals surface area contributed by atoms with Crippen molar-refractivity contribution in [2.75, 3.05) is 29.7 Å². The van der Waals surface area contributed by atoms with Gasteiger partial charge in [-0.05, 0) is 35.4 Å². The normalized spacial score (nSPS) is 13.2. The zero-order valence-electron chi connectivity index (χ0n) is 20.5. The summed E-state index contributed by atoms with van der Waals surface area (Å²) in [5.41, 5.74) is 7.67. The number of carboxylic acid groups (broad SMARTS) is 1. The smallest absolute Gasteiger partial charge is 0.326 e. The molecule has 0 saturated heterocycles. The lowest BCUT2D eigenvalue weighted by molar-refractivity contribution is -0.142. The maximum atomic E-state index is 13.2. The summed E-state index contributed by atoms with van der Waals surface area (Å²) in [6.07, 6.45) is 1.08. The van der Waals surface area contributed by atoms with Gasteiger partial charge in [0.05, 0.1) is 6.04 Å². The largest absolute Gasteiger partial charge is 0.480 e. The van der Waals surface area contributed by atoms with Gasteiger partial charge in [-0.2, -0.15) is 0 Å². The Labute approximate surface area is 230 Å². The van der Waals surface area contributed by atoms with Gasteiger partial charge in [-0.3, -0.25) is 14.4 Å². The first-order valence-electron chi connectivity index (χ1n) is 11.8. The van der Waals surface area contributed by atoms with E-state index in [1.807, 2.05) is 17.0 Å². The van der Waals surface area contributed by atoms with E-state index in [4.69, 9.17) is 28.9 Å². The minimum absolute atomic E-state index is 0.00140. The third-order valence-corrected chi connectivity index (χ3v) is 6.00. The van der Waals surface area contributed by atoms with Crippen molar-refractivity contribution < 1.29 is 28.7 Å². The number of aliphatic carboxylic acids is 1. The average molecular weight is 568 g/mol. The van der Waals surface area contributed by atoms with Gasteiger partial charge in [0.2, 0.25) is 18.1 Å². The van der Waals surface area contributed by atoms with E-state index < -0.39 is 41.7 Å². The van der Waals surface area contributed by atoms with Crippen LogP contribution in [0.5, 0.6) is 0 Å². The van der Waals surface area contributed by atoms with Crippen LogP contribution in [0.4, 0.5) is 10.1 Å². The maximum absolute atomic E-state index is 13.2. The molecule has 12 heteroatoms. The van der Waals surface area contributed by atoms with Gasteiger partial charge in [-0.15, -0.1) is 23.2 Å². The van der Waals surface area contributed by atoms with Gasteiger partial charge >= 0.3 is 5.97 Å². The van der Waals surface area contributed by atoms with E-state index in [1.165, 1.54) is 24.3 Å². The average Bonchev–Trinajstić information content (AvgIpc) is 2.89. The van der Waals surface area contributed by atoms with E-state index in [9.17, 15) is 28.7 Å². The van der Waals surface area contributed by atoms with E-state index in [0.717, 1.165) is 5.69 Å². The monoisotopic (exact) mass is 567 g/mol. The molecule has 0 bridgehead atoms. The van der Waals surface area contributed by atoms with Crippen LogP contribution in [0.2, 0.25) is 0 Å². The van der Waals surface area contributed by atoms with Crippen LogP contribution in [0.1, 0.15) is 17.5 Å². The Hall–Kier alpha value is -3.21. The lowest BCUT2D eigenvalue weighted by atomic mass is 10.0. The van der Waals surface area contributed by atoms with E-state index in [2.05, 4.69) is 10.6 Å². The Morgan fingerprint density at radius 1 is 0.947 bits per heavy atom. The zero-order valence-corrected chi connectivity index (χ0v) is 22.1. The number of alkyl halides is 2. The Morgan fingerprint density at radius 3 is 2.13 bits per heavy atom. The standard InChI is InChI=1S/C26H30Cl2FN4O5/c27-9-11-33(12-10-28)20-3-1-2-18(14-20)16-22(31-24(35)21(30)8-13-34)25(36)32-23(26(37)38)15-17-4-6-19(29)7-5-17/h1-7,14,21-23H,8-12,15-16,30H2,(H,31,35)(H,32,36)(H,37,38)/t21-,22-,23-/m0/s1. The number of hydrogen-bond acceptors (Lipinski definition) is 6. The van der Waals surface area contributed by atoms with E-state index >= 15 is 0 Å². The SMILES string of the molecule is N[C@@H](C[C]=O)C(=O)N[C@@H](Cc1cccc(N(CCCl)CCCl)c1)C(=O)N[C@@H](Cc1ccc(F)cc1)C(=O)O. The molecule has 0 unspecified atom stereocenters. The second-order valence-corrected chi connectivity index (χ2v) is 9.24. The molecule has 0 aliphatic rings. The van der Waals surface area contributed by atoms with Gasteiger partial charge in [-0.1, -0.05) is 24.3 Å². The fraction of sp³-hybridized carbons (Fsp3) is 0.385. The van der Waals surface area contributed by atoms with Crippen molar-refractivity contribution in [3.05, 3.63) is 65.5 Å². The molecular formula is C26H30Cl2FN4O5. The first-order chi connectivity index (χ1) is 18.2. The van der Waals surface area contributed by atoms with Crippen molar-refractivity contribution in [1.82, 2.24) is 10.6 Å². The molecule has 0 aliphatic carbocycles. The second kappa shape index (κ2) is 15.9. The molecule has 5 N–H and O–H groups in total. The Balaban J connectivity index is 2.28. The van der Waals surface area contributed by atoms with Crippen molar-refractivity contribution in [2.45, 2.75) is 37.4 Å². The van der Waals surface area contributed by atoms with Gasteiger partial charge in [0.15, 0.2) is 0 Å². The third-order valence-electron chi connectivity index (χ3n) is 5.67. The first-order valence-corrected chi connectivity index (χ1v) is 12.9. The van der Waals surface area contributed by atoms with Crippen LogP contribution in [0.25, 0.3) is 0 Å². The summed E-state index contributed by atoms with van der Waals surface area (Å²) in [5, 5.41) is 14.6. The number of carbonyl (C=O) groups is 3. The number of hydrogen-bond donors (Lipinski definition) is 4. The predicted molar refractivity (Wildman–Crippen MR) is 144 cm³/mol. The van der Waals surface area contributed by atoms with Gasteiger partial charge < -0.3 is 26.4 Å². The van der Waals surface area contributed by atoms with Gasteiger partial charge in [0, 0.05) is 49.8 Å². The first kappa shape index (κ1) is 31.0. The summed E-state index contributed by atoms with van der Waals surface area (Å²) in [6, 6.07) is 8.64. The molecule has 3 atom stereocenters. The summed E-state index contributed by atoms with van der Waals surface area (Å²) in [5.74, 6) is -2.56. The molecule has 2 amide bonds. The Bertz CT molecular complexity index is 1080. The summed E-state index contributed by atoms with van der Waals surface area (Å²) in [7, 11) is 0. The fourth-order valence-corrected chi connectivity index (χ4v) is 4.10. The number of benzene rings is 2. The van der Waals surface area contributed by atoms with Crippen LogP contribution in [-0.4, -0.2) is 72.2 Å². The van der Waals surface area contributed by atoms with Gasteiger partial charge in [0.25, 0.3) is 0 Å². The maximum Gasteiger partial charge on any atom is 0.326 e. The van der Waals surface area contributed by atoms with Crippen molar-refractivity contribution in [3.63, 3.8) is 0 Å². The molecule has 0 fully saturated rings. The highest BCUT2D eigenvalue weighted by Gasteiger charge is 2.28. The minimum atomic E-state index is -1.35. The summed E-state index contributed by atoms with van der Waals surface area (Å²) >= 11 is 11.8. The van der Waals surface area contributed by atoms with Gasteiger partial charge in [0.1, 0.15) is 17.9 Å². The molecule has 205 valence electrons. The fourth-order valence-electron chi connectivity index (χ4n) is 3.69. The molecule has 0 saturated carbocycles. The molecule has 1 radical (unpaired) electrons. The highest BCUT2D eigenvalue weighted by molar-refractivity contribution is 6.18. The molecule has 2 aromatic carbocycles. The van der Waals surface area contributed by atoms with Crippen molar-refractivity contribution in [2.24, 2.45) is 5.73 Å². The predicted octanol–water partition coefficient (Wildman–Crippen LogP) is 1.78. The zero-order chi connectivity index (χ0) is 28.1. The quantitative estimate of drug-likeness (QED) is 0.226. The van der Waals surface area contributed by atoms with Crippen molar-refractivity contribution in [1.29, 1.82) is 0 Å². The molecule has 0 aromatic heterocycles. The number of halogens is 3. The number of nitrogens with one attached hydrogen (secondary N) is 2. The molecular weight excluding hydrogens is 538 g/mol. The molecule has 38 heavy (non-hydrogen) atoms. The third kappa shape index (κ3) is 9.92. The van der Waals surface area contributed by atoms with E-state index in [1.54, 1.807) is 18.4 Å². The van der Waals surface area contributed by atoms with Crippen LogP contribution < -0.4 is 21.3 Å². The van der Waals surface area contributed by atoms with Gasteiger partial charge in [-0.25, -0.2) is 9.18 Å². The van der Waals surface area contributed by atoms with E-state index in [-0.39, 0.29) is 19.3 Å². The number of amides is 2. The van der Waals surface area contributed by atoms with Crippen molar-refractivity contribution >= 4 is 53.0 Å². The number of nitrogens with zero attached hydrogens (tertiary/aromatic N) is 1. The summed E-state index contributed by atoms with van der Waals surface area (Å²) in [4.78, 5) is 50.3. The molecule has 0 aliphatic heterocycles. The van der Waals surface area contributed by atoms with Crippen LogP contribution in [0.15, 0.2) is 48.5 Å². The molecule has 9 nitrogen and oxygen atoms in total.